The Hall–Kier alpha value is -1.40. The number of carbonyl (C=O) groups is 1. The molecule has 5 nitrogen and oxygen atoms in total. The molecule has 0 aromatic heterocycles. The Morgan fingerprint density at radius 2 is 2.18 bits per heavy atom. The number of methoxy groups -OCH3 is 1. The van der Waals surface area contributed by atoms with E-state index in [1.807, 2.05) is 0 Å². The van der Waals surface area contributed by atoms with Crippen LogP contribution in [-0.2, 0) is 21.0 Å². The molecule has 6 heteroatoms. The molecule has 1 N–H and O–H groups in total. The number of hydrogen-bond donors (Lipinski definition) is 1. The second-order valence-electron chi connectivity index (χ2n) is 3.88. The van der Waals surface area contributed by atoms with Crippen molar-refractivity contribution in [2.24, 2.45) is 0 Å². The van der Waals surface area contributed by atoms with Gasteiger partial charge in [0, 0.05) is 7.11 Å². The third-order valence-electron chi connectivity index (χ3n) is 2.88. The molecular weight excluding hydrogens is 244 g/mol. The Morgan fingerprint density at radius 1 is 1.47 bits per heavy atom. The molecule has 1 aliphatic rings. The Bertz CT molecular complexity index is 561. The van der Waals surface area contributed by atoms with Crippen LogP contribution in [0.15, 0.2) is 23.1 Å². The highest BCUT2D eigenvalue weighted by Gasteiger charge is 2.34. The highest BCUT2D eigenvalue weighted by atomic mass is 32.2. The molecule has 0 fully saturated rings. The fourth-order valence-electron chi connectivity index (χ4n) is 1.97. The van der Waals surface area contributed by atoms with E-state index in [1.165, 1.54) is 19.2 Å². The van der Waals surface area contributed by atoms with E-state index < -0.39 is 21.2 Å². The average molecular weight is 256 g/mol. The van der Waals surface area contributed by atoms with Gasteiger partial charge in [-0.2, -0.15) is 0 Å². The van der Waals surface area contributed by atoms with Crippen molar-refractivity contribution in [2.45, 2.75) is 23.2 Å². The fraction of sp³-hybridized carbons (Fsp3) is 0.364. The Morgan fingerprint density at radius 3 is 2.76 bits per heavy atom. The largest absolute Gasteiger partial charge is 0.478 e. The number of hydrogen-bond acceptors (Lipinski definition) is 4. The SMILES string of the molecule is COC1CCc2ccc(C(=O)O)cc2S1(=O)=O. The summed E-state index contributed by atoms with van der Waals surface area (Å²) in [6.07, 6.45) is 0.977. The van der Waals surface area contributed by atoms with Crippen molar-refractivity contribution in [3.05, 3.63) is 29.3 Å². The van der Waals surface area contributed by atoms with Crippen LogP contribution in [0.1, 0.15) is 22.3 Å². The van der Waals surface area contributed by atoms with Crippen LogP contribution in [0.4, 0.5) is 0 Å². The first-order valence-electron chi connectivity index (χ1n) is 5.09. The molecule has 92 valence electrons. The maximum Gasteiger partial charge on any atom is 0.335 e. The number of benzene rings is 1. The molecule has 2 rings (SSSR count). The number of rotatable bonds is 2. The first-order valence-corrected chi connectivity index (χ1v) is 6.64. The number of aromatic carboxylic acids is 1. The van der Waals surface area contributed by atoms with E-state index in [4.69, 9.17) is 9.84 Å². The highest BCUT2D eigenvalue weighted by Crippen LogP contribution is 2.30. The van der Waals surface area contributed by atoms with Crippen molar-refractivity contribution >= 4 is 15.8 Å². The smallest absolute Gasteiger partial charge is 0.335 e. The minimum absolute atomic E-state index is 0.0240. The Labute approximate surface area is 98.9 Å². The molecule has 0 saturated carbocycles. The summed E-state index contributed by atoms with van der Waals surface area (Å²) in [4.78, 5) is 10.9. The van der Waals surface area contributed by atoms with E-state index in [0.717, 1.165) is 0 Å². The van der Waals surface area contributed by atoms with Gasteiger partial charge < -0.3 is 9.84 Å². The molecule has 0 aliphatic carbocycles. The number of carboxylic acid groups (broad SMARTS) is 1. The van der Waals surface area contributed by atoms with Gasteiger partial charge in [-0.25, -0.2) is 13.2 Å². The van der Waals surface area contributed by atoms with E-state index in [-0.39, 0.29) is 10.5 Å². The molecule has 1 unspecified atom stereocenters. The first-order chi connectivity index (χ1) is 7.96. The summed E-state index contributed by atoms with van der Waals surface area (Å²) >= 11 is 0. The monoisotopic (exact) mass is 256 g/mol. The molecule has 1 aromatic rings. The van der Waals surface area contributed by atoms with Crippen LogP contribution >= 0.6 is 0 Å². The lowest BCUT2D eigenvalue weighted by Gasteiger charge is -2.23. The van der Waals surface area contributed by atoms with Crippen LogP contribution in [-0.4, -0.2) is 32.0 Å². The van der Waals surface area contributed by atoms with Gasteiger partial charge in [0.05, 0.1) is 10.5 Å². The van der Waals surface area contributed by atoms with Gasteiger partial charge in [0.15, 0.2) is 5.44 Å². The predicted molar refractivity (Wildman–Crippen MR) is 59.7 cm³/mol. The van der Waals surface area contributed by atoms with E-state index in [1.54, 1.807) is 6.07 Å². The van der Waals surface area contributed by atoms with Crippen molar-refractivity contribution in [1.29, 1.82) is 0 Å². The standard InChI is InChI=1S/C11H12O5S/c1-16-10-5-4-7-2-3-8(11(12)13)6-9(7)17(10,14)15/h2-3,6,10H,4-5H2,1H3,(H,12,13). The summed E-state index contributed by atoms with van der Waals surface area (Å²) < 4.78 is 29.1. The van der Waals surface area contributed by atoms with Crippen molar-refractivity contribution in [3.63, 3.8) is 0 Å². The maximum atomic E-state index is 12.1. The fourth-order valence-corrected chi connectivity index (χ4v) is 3.77. The van der Waals surface area contributed by atoms with Gasteiger partial charge in [0.25, 0.3) is 0 Å². The van der Waals surface area contributed by atoms with Crippen LogP contribution in [0.25, 0.3) is 0 Å². The van der Waals surface area contributed by atoms with Crippen LogP contribution in [0, 0.1) is 0 Å². The van der Waals surface area contributed by atoms with Gasteiger partial charge in [-0.1, -0.05) is 6.07 Å². The number of fused-ring (bicyclic) bond motifs is 1. The number of carboxylic acids is 1. The zero-order valence-electron chi connectivity index (χ0n) is 9.21. The third-order valence-corrected chi connectivity index (χ3v) is 4.99. The van der Waals surface area contributed by atoms with Crippen molar-refractivity contribution < 1.29 is 23.1 Å². The zero-order chi connectivity index (χ0) is 12.6. The van der Waals surface area contributed by atoms with Crippen LogP contribution in [0.2, 0.25) is 0 Å². The molecule has 0 saturated heterocycles. The maximum absolute atomic E-state index is 12.1. The first kappa shape index (κ1) is 12.1. The quantitative estimate of drug-likeness (QED) is 0.856. The van der Waals surface area contributed by atoms with E-state index in [2.05, 4.69) is 0 Å². The Balaban J connectivity index is 2.60. The lowest BCUT2D eigenvalue weighted by atomic mass is 10.1. The molecule has 1 atom stereocenters. The van der Waals surface area contributed by atoms with Crippen molar-refractivity contribution in [2.75, 3.05) is 7.11 Å². The van der Waals surface area contributed by atoms with Crippen LogP contribution < -0.4 is 0 Å². The van der Waals surface area contributed by atoms with Gasteiger partial charge in [-0.15, -0.1) is 0 Å². The topological polar surface area (TPSA) is 80.7 Å². The van der Waals surface area contributed by atoms with Crippen molar-refractivity contribution in [3.8, 4) is 0 Å². The minimum atomic E-state index is -3.57. The average Bonchev–Trinajstić information content (AvgIpc) is 2.28. The summed E-state index contributed by atoms with van der Waals surface area (Å²) in [5.41, 5.74) is -0.244. The number of ether oxygens (including phenoxy) is 1. The lowest BCUT2D eigenvalue weighted by molar-refractivity contribution is 0.0696. The molecular formula is C11H12O5S. The molecule has 0 spiro atoms. The highest BCUT2D eigenvalue weighted by molar-refractivity contribution is 7.92. The molecule has 0 amide bonds. The lowest BCUT2D eigenvalue weighted by Crippen LogP contribution is -2.29. The number of sulfone groups is 1. The molecule has 17 heavy (non-hydrogen) atoms. The van der Waals surface area contributed by atoms with Gasteiger partial charge in [0.1, 0.15) is 0 Å². The molecule has 1 aliphatic heterocycles. The second kappa shape index (κ2) is 4.12. The van der Waals surface area contributed by atoms with Crippen LogP contribution in [0.5, 0.6) is 0 Å². The van der Waals surface area contributed by atoms with E-state index in [0.29, 0.717) is 18.4 Å². The normalized spacial score (nSPS) is 21.8. The molecule has 0 radical (unpaired) electrons. The summed E-state index contributed by atoms with van der Waals surface area (Å²) in [6.45, 7) is 0. The van der Waals surface area contributed by atoms with Crippen molar-refractivity contribution in [1.82, 2.24) is 0 Å². The van der Waals surface area contributed by atoms with Gasteiger partial charge in [-0.3, -0.25) is 0 Å². The number of aryl methyl sites for hydroxylation is 1. The predicted octanol–water partition coefficient (Wildman–Crippen LogP) is 1.08. The molecule has 0 bridgehead atoms. The Kier molecular flexibility index (Phi) is 2.92. The summed E-state index contributed by atoms with van der Waals surface area (Å²) in [6, 6.07) is 4.18. The second-order valence-corrected chi connectivity index (χ2v) is 5.93. The van der Waals surface area contributed by atoms with Crippen LogP contribution in [0.3, 0.4) is 0 Å². The van der Waals surface area contributed by atoms with E-state index in [9.17, 15) is 13.2 Å². The summed E-state index contributed by atoms with van der Waals surface area (Å²) in [5.74, 6) is -1.14. The van der Waals surface area contributed by atoms with Gasteiger partial charge in [0.2, 0.25) is 9.84 Å². The summed E-state index contributed by atoms with van der Waals surface area (Å²) in [7, 11) is -2.23. The minimum Gasteiger partial charge on any atom is -0.478 e. The summed E-state index contributed by atoms with van der Waals surface area (Å²) in [5, 5.41) is 8.85. The van der Waals surface area contributed by atoms with Gasteiger partial charge in [-0.05, 0) is 30.5 Å². The van der Waals surface area contributed by atoms with Gasteiger partial charge >= 0.3 is 5.97 Å². The molecule has 1 heterocycles. The third kappa shape index (κ3) is 1.94. The molecule has 1 aromatic carbocycles. The zero-order valence-corrected chi connectivity index (χ0v) is 10.0. The van der Waals surface area contributed by atoms with E-state index >= 15 is 0 Å².